The van der Waals surface area contributed by atoms with Crippen molar-refractivity contribution in [3.8, 4) is 0 Å². The first kappa shape index (κ1) is 10.4. The Bertz CT molecular complexity index is 364. The van der Waals surface area contributed by atoms with Crippen LogP contribution in [0.25, 0.3) is 0 Å². The molecule has 4 heteroatoms. The lowest BCUT2D eigenvalue weighted by Crippen LogP contribution is -2.27. The fourth-order valence-corrected chi connectivity index (χ4v) is 2.09. The summed E-state index contributed by atoms with van der Waals surface area (Å²) >= 11 is 0. The lowest BCUT2D eigenvalue weighted by molar-refractivity contribution is 0.100. The Kier molecular flexibility index (Phi) is 2.86. The molecule has 1 N–H and O–H groups in total. The number of Topliss-reactive ketones (excluding diaryl/α,β-unsaturated/α-hetero) is 1. The first-order valence-electron chi connectivity index (χ1n) is 5.47. The molecule has 82 valence electrons. The smallest absolute Gasteiger partial charge is 0.177 e. The molecule has 0 bridgehead atoms. The Balaban J connectivity index is 2.21. The minimum atomic E-state index is 0.0760. The summed E-state index contributed by atoms with van der Waals surface area (Å²) in [6, 6.07) is 2.24. The summed E-state index contributed by atoms with van der Waals surface area (Å²) in [5.74, 6) is 0.0760. The van der Waals surface area contributed by atoms with Crippen LogP contribution in [0.2, 0.25) is 0 Å². The number of carbonyl (C=O) groups excluding carboxylic acids is 1. The molecular formula is C11H17N3O. The highest BCUT2D eigenvalue weighted by Crippen LogP contribution is 2.22. The van der Waals surface area contributed by atoms with Gasteiger partial charge < -0.3 is 5.32 Å². The molecule has 0 amide bonds. The fraction of sp³-hybridized carbons (Fsp3) is 0.636. The van der Waals surface area contributed by atoms with Crippen molar-refractivity contribution in [2.24, 2.45) is 7.05 Å². The summed E-state index contributed by atoms with van der Waals surface area (Å²) in [7, 11) is 1.82. The number of piperidine rings is 1. The summed E-state index contributed by atoms with van der Waals surface area (Å²) in [6.07, 6.45) is 3.60. The molecule has 1 saturated heterocycles. The first-order chi connectivity index (χ1) is 7.18. The van der Waals surface area contributed by atoms with Crippen LogP contribution in [0.3, 0.4) is 0 Å². The Morgan fingerprint density at radius 3 is 2.93 bits per heavy atom. The number of ketones is 1. The SMILES string of the molecule is CC(=O)c1cc(C2CCCCN2)nn1C. The van der Waals surface area contributed by atoms with Gasteiger partial charge in [0.15, 0.2) is 5.78 Å². The van der Waals surface area contributed by atoms with E-state index in [1.54, 1.807) is 11.6 Å². The van der Waals surface area contributed by atoms with Crippen molar-refractivity contribution in [3.05, 3.63) is 17.5 Å². The van der Waals surface area contributed by atoms with Crippen LogP contribution < -0.4 is 5.32 Å². The molecule has 0 aliphatic carbocycles. The third-order valence-corrected chi connectivity index (χ3v) is 2.93. The molecule has 0 saturated carbocycles. The van der Waals surface area contributed by atoms with Crippen molar-refractivity contribution in [1.29, 1.82) is 0 Å². The van der Waals surface area contributed by atoms with Gasteiger partial charge in [-0.1, -0.05) is 6.42 Å². The van der Waals surface area contributed by atoms with Crippen molar-refractivity contribution in [2.75, 3.05) is 6.54 Å². The Morgan fingerprint density at radius 1 is 1.60 bits per heavy atom. The van der Waals surface area contributed by atoms with E-state index in [0.29, 0.717) is 11.7 Å². The number of aromatic nitrogens is 2. The molecule has 1 aliphatic heterocycles. The number of nitrogens with zero attached hydrogens (tertiary/aromatic N) is 2. The van der Waals surface area contributed by atoms with E-state index < -0.39 is 0 Å². The van der Waals surface area contributed by atoms with Gasteiger partial charge in [0.25, 0.3) is 0 Å². The molecule has 1 atom stereocenters. The second-order valence-corrected chi connectivity index (χ2v) is 4.14. The number of carbonyl (C=O) groups is 1. The van der Waals surface area contributed by atoms with Gasteiger partial charge in [-0.3, -0.25) is 9.48 Å². The van der Waals surface area contributed by atoms with Gasteiger partial charge in [-0.25, -0.2) is 0 Å². The van der Waals surface area contributed by atoms with Crippen LogP contribution in [0.5, 0.6) is 0 Å². The predicted octanol–water partition coefficient (Wildman–Crippen LogP) is 1.44. The summed E-state index contributed by atoms with van der Waals surface area (Å²) in [5, 5.41) is 7.82. The van der Waals surface area contributed by atoms with Gasteiger partial charge in [0.2, 0.25) is 0 Å². The van der Waals surface area contributed by atoms with Crippen molar-refractivity contribution >= 4 is 5.78 Å². The van der Waals surface area contributed by atoms with E-state index in [2.05, 4.69) is 10.4 Å². The van der Waals surface area contributed by atoms with Gasteiger partial charge in [0.1, 0.15) is 5.69 Å². The van der Waals surface area contributed by atoms with Crippen molar-refractivity contribution in [1.82, 2.24) is 15.1 Å². The van der Waals surface area contributed by atoms with E-state index >= 15 is 0 Å². The highest BCUT2D eigenvalue weighted by Gasteiger charge is 2.19. The van der Waals surface area contributed by atoms with E-state index in [1.165, 1.54) is 12.8 Å². The molecule has 0 radical (unpaired) electrons. The van der Waals surface area contributed by atoms with Crippen molar-refractivity contribution in [2.45, 2.75) is 32.2 Å². The monoisotopic (exact) mass is 207 g/mol. The highest BCUT2D eigenvalue weighted by molar-refractivity contribution is 5.92. The third kappa shape index (κ3) is 2.09. The number of nitrogens with one attached hydrogen (secondary N) is 1. The topological polar surface area (TPSA) is 46.9 Å². The maximum Gasteiger partial charge on any atom is 0.177 e. The van der Waals surface area contributed by atoms with E-state index in [9.17, 15) is 4.79 Å². The third-order valence-electron chi connectivity index (χ3n) is 2.93. The van der Waals surface area contributed by atoms with Gasteiger partial charge >= 0.3 is 0 Å². The van der Waals surface area contributed by atoms with E-state index in [0.717, 1.165) is 18.7 Å². The van der Waals surface area contributed by atoms with Crippen LogP contribution in [-0.4, -0.2) is 22.1 Å². The van der Waals surface area contributed by atoms with Crippen molar-refractivity contribution in [3.63, 3.8) is 0 Å². The van der Waals surface area contributed by atoms with E-state index in [1.807, 2.05) is 13.1 Å². The molecule has 2 rings (SSSR count). The molecular weight excluding hydrogens is 190 g/mol. The van der Waals surface area contributed by atoms with Crippen LogP contribution in [0.4, 0.5) is 0 Å². The number of rotatable bonds is 2. The molecule has 1 aromatic rings. The van der Waals surface area contributed by atoms with Gasteiger partial charge in [-0.05, 0) is 25.5 Å². The highest BCUT2D eigenvalue weighted by atomic mass is 16.1. The molecule has 1 fully saturated rings. The van der Waals surface area contributed by atoms with Crippen LogP contribution in [0.15, 0.2) is 6.07 Å². The van der Waals surface area contributed by atoms with Crippen LogP contribution >= 0.6 is 0 Å². The minimum Gasteiger partial charge on any atom is -0.309 e. The largest absolute Gasteiger partial charge is 0.309 e. The van der Waals surface area contributed by atoms with Gasteiger partial charge in [-0.2, -0.15) is 5.10 Å². The zero-order chi connectivity index (χ0) is 10.8. The number of hydrogen-bond acceptors (Lipinski definition) is 3. The summed E-state index contributed by atoms with van der Waals surface area (Å²) in [6.45, 7) is 2.63. The zero-order valence-electron chi connectivity index (χ0n) is 9.29. The minimum absolute atomic E-state index is 0.0760. The second-order valence-electron chi connectivity index (χ2n) is 4.14. The molecule has 4 nitrogen and oxygen atoms in total. The lowest BCUT2D eigenvalue weighted by Gasteiger charge is -2.21. The first-order valence-corrected chi connectivity index (χ1v) is 5.47. The summed E-state index contributed by atoms with van der Waals surface area (Å²) in [5.41, 5.74) is 1.69. The molecule has 2 heterocycles. The maximum absolute atomic E-state index is 11.3. The fourth-order valence-electron chi connectivity index (χ4n) is 2.09. The standard InChI is InChI=1S/C11H17N3O/c1-8(15)11-7-10(13-14(11)2)9-5-3-4-6-12-9/h7,9,12H,3-6H2,1-2H3. The summed E-state index contributed by atoms with van der Waals surface area (Å²) < 4.78 is 1.67. The van der Waals surface area contributed by atoms with Crippen molar-refractivity contribution < 1.29 is 4.79 Å². The molecule has 0 spiro atoms. The average molecular weight is 207 g/mol. The predicted molar refractivity (Wildman–Crippen MR) is 57.8 cm³/mol. The molecule has 15 heavy (non-hydrogen) atoms. The normalized spacial score (nSPS) is 21.6. The van der Waals surface area contributed by atoms with Crippen LogP contribution in [0, 0.1) is 0 Å². The Labute approximate surface area is 89.7 Å². The Morgan fingerprint density at radius 2 is 2.40 bits per heavy atom. The molecule has 0 aromatic carbocycles. The van der Waals surface area contributed by atoms with Gasteiger partial charge in [0.05, 0.1) is 11.7 Å². The van der Waals surface area contributed by atoms with Gasteiger partial charge in [0, 0.05) is 14.0 Å². The number of hydrogen-bond donors (Lipinski definition) is 1. The Hall–Kier alpha value is -1.16. The maximum atomic E-state index is 11.3. The summed E-state index contributed by atoms with van der Waals surface area (Å²) in [4.78, 5) is 11.3. The number of aryl methyl sites for hydroxylation is 1. The molecule has 1 aliphatic rings. The van der Waals surface area contributed by atoms with Crippen LogP contribution in [-0.2, 0) is 7.05 Å². The molecule has 1 aromatic heterocycles. The zero-order valence-corrected chi connectivity index (χ0v) is 9.29. The quantitative estimate of drug-likeness (QED) is 0.746. The van der Waals surface area contributed by atoms with Gasteiger partial charge in [-0.15, -0.1) is 0 Å². The van der Waals surface area contributed by atoms with Crippen LogP contribution in [0.1, 0.15) is 48.4 Å². The lowest BCUT2D eigenvalue weighted by atomic mass is 10.0. The van der Waals surface area contributed by atoms with E-state index in [4.69, 9.17) is 0 Å². The van der Waals surface area contributed by atoms with E-state index in [-0.39, 0.29) is 5.78 Å². The second kappa shape index (κ2) is 4.14. The average Bonchev–Trinajstić information content (AvgIpc) is 2.62. The molecule has 1 unspecified atom stereocenters.